The number of pyridine rings is 1. The zero-order valence-corrected chi connectivity index (χ0v) is 14.1. The highest BCUT2D eigenvalue weighted by atomic mass is 16.5. The van der Waals surface area contributed by atoms with Gasteiger partial charge in [-0.2, -0.15) is 0 Å². The van der Waals surface area contributed by atoms with Crippen LogP contribution < -0.4 is 21.3 Å². The summed E-state index contributed by atoms with van der Waals surface area (Å²) in [5.74, 6) is -0.665. The number of nitrogen functional groups attached to an aromatic ring is 1. The third kappa shape index (κ3) is 2.95. The number of benzene rings is 2. The summed E-state index contributed by atoms with van der Waals surface area (Å²) in [6, 6.07) is 17.6. The molecule has 134 valence electrons. The minimum Gasteiger partial charge on any atom is -0.489 e. The van der Waals surface area contributed by atoms with Crippen LogP contribution in [-0.2, 0) is 6.61 Å². The Balaban J connectivity index is 1.63. The first kappa shape index (κ1) is 16.6. The van der Waals surface area contributed by atoms with Crippen molar-refractivity contribution < 1.29 is 14.3 Å². The van der Waals surface area contributed by atoms with Crippen LogP contribution in [0.25, 0.3) is 5.69 Å². The van der Waals surface area contributed by atoms with Gasteiger partial charge in [0.1, 0.15) is 18.2 Å². The number of imide groups is 1. The van der Waals surface area contributed by atoms with E-state index in [1.54, 1.807) is 24.3 Å². The van der Waals surface area contributed by atoms with Crippen LogP contribution in [-0.4, -0.2) is 16.4 Å². The van der Waals surface area contributed by atoms with Crippen molar-refractivity contribution in [2.45, 2.75) is 6.61 Å². The molecule has 0 unspecified atom stereocenters. The van der Waals surface area contributed by atoms with Crippen molar-refractivity contribution in [2.75, 3.05) is 5.73 Å². The van der Waals surface area contributed by atoms with Gasteiger partial charge in [-0.05, 0) is 29.8 Å². The Morgan fingerprint density at radius 3 is 2.33 bits per heavy atom. The average molecular weight is 361 g/mol. The third-order valence-electron chi connectivity index (χ3n) is 4.30. The summed E-state index contributed by atoms with van der Waals surface area (Å²) in [5.41, 5.74) is 7.05. The fourth-order valence-electron chi connectivity index (χ4n) is 2.98. The highest BCUT2D eigenvalue weighted by Gasteiger charge is 2.31. The minimum absolute atomic E-state index is 0.00145. The summed E-state index contributed by atoms with van der Waals surface area (Å²) in [7, 11) is 0. The Bertz CT molecular complexity index is 1100. The molecule has 2 aromatic carbocycles. The molecule has 1 aliphatic rings. The number of rotatable bonds is 4. The molecule has 1 aliphatic heterocycles. The van der Waals surface area contributed by atoms with E-state index in [2.05, 4.69) is 5.32 Å². The number of amides is 2. The molecule has 0 aliphatic carbocycles. The van der Waals surface area contributed by atoms with Crippen LogP contribution in [0.1, 0.15) is 26.3 Å². The highest BCUT2D eigenvalue weighted by Crippen LogP contribution is 2.24. The first-order valence-corrected chi connectivity index (χ1v) is 8.23. The maximum atomic E-state index is 12.4. The van der Waals surface area contributed by atoms with Crippen LogP contribution in [0.15, 0.2) is 65.5 Å². The Kier molecular flexibility index (Phi) is 3.97. The van der Waals surface area contributed by atoms with E-state index in [4.69, 9.17) is 10.5 Å². The van der Waals surface area contributed by atoms with Crippen LogP contribution in [0, 0.1) is 0 Å². The summed E-state index contributed by atoms with van der Waals surface area (Å²) in [6.07, 6.45) is 0. The van der Waals surface area contributed by atoms with Crippen molar-refractivity contribution in [2.24, 2.45) is 0 Å². The molecule has 4 rings (SSSR count). The monoisotopic (exact) mass is 361 g/mol. The summed E-state index contributed by atoms with van der Waals surface area (Å²) >= 11 is 0. The lowest BCUT2D eigenvalue weighted by molar-refractivity contribution is 0.0880. The number of carbonyl (C=O) groups excluding carboxylic acids is 2. The molecule has 7 heteroatoms. The van der Waals surface area contributed by atoms with Crippen LogP contribution in [0.3, 0.4) is 0 Å². The molecule has 0 saturated carbocycles. The molecule has 2 amide bonds. The molecular formula is C20H15N3O4. The van der Waals surface area contributed by atoms with Crippen LogP contribution in [0.5, 0.6) is 5.75 Å². The summed E-state index contributed by atoms with van der Waals surface area (Å²) < 4.78 is 6.91. The second-order valence-electron chi connectivity index (χ2n) is 6.04. The van der Waals surface area contributed by atoms with E-state index < -0.39 is 17.4 Å². The Labute approximate surface area is 154 Å². The van der Waals surface area contributed by atoms with E-state index in [0.29, 0.717) is 18.0 Å². The number of ether oxygens (including phenoxy) is 1. The predicted octanol–water partition coefficient (Wildman–Crippen LogP) is 1.88. The number of aromatic nitrogens is 1. The molecule has 27 heavy (non-hydrogen) atoms. The second kappa shape index (κ2) is 6.45. The maximum absolute atomic E-state index is 12.4. The number of hydrogen-bond donors (Lipinski definition) is 2. The Morgan fingerprint density at radius 2 is 1.63 bits per heavy atom. The number of nitrogens with one attached hydrogen (secondary N) is 1. The Hall–Kier alpha value is -3.87. The fourth-order valence-corrected chi connectivity index (χ4v) is 2.98. The number of fused-ring (bicyclic) bond motifs is 1. The lowest BCUT2D eigenvalue weighted by Gasteiger charge is -2.13. The molecule has 2 heterocycles. The van der Waals surface area contributed by atoms with Gasteiger partial charge in [0.05, 0.1) is 16.8 Å². The highest BCUT2D eigenvalue weighted by molar-refractivity contribution is 6.23. The van der Waals surface area contributed by atoms with Gasteiger partial charge in [0.2, 0.25) is 0 Å². The number of carbonyl (C=O) groups is 2. The van der Waals surface area contributed by atoms with Crippen molar-refractivity contribution in [3.05, 3.63) is 87.7 Å². The van der Waals surface area contributed by atoms with Crippen LogP contribution in [0.2, 0.25) is 0 Å². The fraction of sp³-hybridized carbons (Fsp3) is 0.0500. The summed E-state index contributed by atoms with van der Waals surface area (Å²) in [5, 5.41) is 2.14. The van der Waals surface area contributed by atoms with Gasteiger partial charge < -0.3 is 10.5 Å². The molecule has 3 aromatic rings. The SMILES string of the molecule is Nc1c2c(cc(=O)n1-c1ccc(OCc3ccccc3)cc1)C(=O)NC2=O. The van der Waals surface area contributed by atoms with Crippen molar-refractivity contribution in [3.8, 4) is 11.4 Å². The Morgan fingerprint density at radius 1 is 0.926 bits per heavy atom. The maximum Gasteiger partial charge on any atom is 0.262 e. The van der Waals surface area contributed by atoms with Crippen LogP contribution >= 0.6 is 0 Å². The van der Waals surface area contributed by atoms with Gasteiger partial charge in [0.25, 0.3) is 17.4 Å². The molecule has 0 bridgehead atoms. The number of nitrogens with zero attached hydrogens (tertiary/aromatic N) is 1. The molecule has 7 nitrogen and oxygen atoms in total. The molecule has 0 saturated heterocycles. The zero-order chi connectivity index (χ0) is 19.0. The number of nitrogens with two attached hydrogens (primary N) is 1. The van der Waals surface area contributed by atoms with E-state index >= 15 is 0 Å². The molecule has 3 N–H and O–H groups in total. The average Bonchev–Trinajstić information content (AvgIpc) is 2.95. The molecule has 0 spiro atoms. The van der Waals surface area contributed by atoms with Crippen molar-refractivity contribution in [1.29, 1.82) is 0 Å². The first-order valence-electron chi connectivity index (χ1n) is 8.23. The van der Waals surface area contributed by atoms with Gasteiger partial charge in [0, 0.05) is 6.07 Å². The minimum atomic E-state index is -0.615. The largest absolute Gasteiger partial charge is 0.489 e. The van der Waals surface area contributed by atoms with Gasteiger partial charge in [-0.3, -0.25) is 24.3 Å². The van der Waals surface area contributed by atoms with Gasteiger partial charge in [-0.25, -0.2) is 0 Å². The second-order valence-corrected chi connectivity index (χ2v) is 6.04. The third-order valence-corrected chi connectivity index (χ3v) is 4.30. The number of anilines is 1. The number of hydrogen-bond acceptors (Lipinski definition) is 5. The smallest absolute Gasteiger partial charge is 0.262 e. The van der Waals surface area contributed by atoms with Crippen molar-refractivity contribution in [1.82, 2.24) is 9.88 Å². The van der Waals surface area contributed by atoms with E-state index in [1.165, 1.54) is 4.57 Å². The molecular weight excluding hydrogens is 346 g/mol. The van der Waals surface area contributed by atoms with Crippen molar-refractivity contribution >= 4 is 17.6 Å². The van der Waals surface area contributed by atoms with Crippen molar-refractivity contribution in [3.63, 3.8) is 0 Å². The van der Waals surface area contributed by atoms with E-state index in [0.717, 1.165) is 11.6 Å². The van der Waals surface area contributed by atoms with Gasteiger partial charge in [-0.1, -0.05) is 30.3 Å². The van der Waals surface area contributed by atoms with Gasteiger partial charge in [-0.15, -0.1) is 0 Å². The predicted molar refractivity (Wildman–Crippen MR) is 99.0 cm³/mol. The van der Waals surface area contributed by atoms with Gasteiger partial charge >= 0.3 is 0 Å². The zero-order valence-electron chi connectivity index (χ0n) is 14.1. The first-order chi connectivity index (χ1) is 13.0. The molecule has 0 radical (unpaired) electrons. The standard InChI is InChI=1S/C20H15N3O4/c21-18-17-15(19(25)22-20(17)26)10-16(24)23(18)13-6-8-14(9-7-13)27-11-12-4-2-1-3-5-12/h1-10H,11,21H2,(H,22,25,26). The molecule has 0 fully saturated rings. The normalized spacial score (nSPS) is 12.6. The van der Waals surface area contributed by atoms with Crippen LogP contribution in [0.4, 0.5) is 5.82 Å². The lowest BCUT2D eigenvalue weighted by Crippen LogP contribution is -2.24. The van der Waals surface area contributed by atoms with Gasteiger partial charge in [0.15, 0.2) is 0 Å². The molecule has 1 aromatic heterocycles. The lowest BCUT2D eigenvalue weighted by atomic mass is 10.1. The van der Waals surface area contributed by atoms with E-state index in [9.17, 15) is 14.4 Å². The van der Waals surface area contributed by atoms with E-state index in [-0.39, 0.29) is 16.9 Å². The quantitative estimate of drug-likeness (QED) is 0.691. The summed E-state index contributed by atoms with van der Waals surface area (Å²) in [4.78, 5) is 36.0. The van der Waals surface area contributed by atoms with E-state index in [1.807, 2.05) is 30.3 Å². The topological polar surface area (TPSA) is 103 Å². The summed E-state index contributed by atoms with van der Waals surface area (Å²) in [6.45, 7) is 0.420. The molecule has 0 atom stereocenters.